The van der Waals surface area contributed by atoms with Gasteiger partial charge in [0.2, 0.25) is 0 Å². The molecule has 3 N–H and O–H groups in total. The van der Waals surface area contributed by atoms with E-state index in [2.05, 4.69) is 10.6 Å². The van der Waals surface area contributed by atoms with Crippen LogP contribution in [0.3, 0.4) is 0 Å². The molecule has 0 heterocycles. The second-order valence-corrected chi connectivity index (χ2v) is 6.03. The minimum absolute atomic E-state index is 0.0173. The first-order valence-corrected chi connectivity index (χ1v) is 8.53. The molecular formula is C19H20N2O4S. The Balaban J connectivity index is 1.99. The molecule has 0 saturated carbocycles. The molecule has 0 fully saturated rings. The average molecular weight is 372 g/mol. The molecular weight excluding hydrogens is 352 g/mol. The van der Waals surface area contributed by atoms with Gasteiger partial charge in [0.1, 0.15) is 5.75 Å². The van der Waals surface area contributed by atoms with Crippen molar-refractivity contribution in [1.29, 1.82) is 0 Å². The highest BCUT2D eigenvalue weighted by Gasteiger charge is 2.12. The lowest BCUT2D eigenvalue weighted by molar-refractivity contribution is 0.0697. The highest BCUT2D eigenvalue weighted by molar-refractivity contribution is 7.80. The van der Waals surface area contributed by atoms with Crippen LogP contribution in [-0.4, -0.2) is 28.2 Å². The zero-order chi connectivity index (χ0) is 19.1. The molecule has 1 amide bonds. The summed E-state index contributed by atoms with van der Waals surface area (Å²) in [6, 6.07) is 13.0. The van der Waals surface area contributed by atoms with E-state index < -0.39 is 11.9 Å². The van der Waals surface area contributed by atoms with Crippen LogP contribution in [0.25, 0.3) is 0 Å². The van der Waals surface area contributed by atoms with Gasteiger partial charge in [-0.3, -0.25) is 10.1 Å². The highest BCUT2D eigenvalue weighted by Crippen LogP contribution is 2.16. The molecule has 7 heteroatoms. The summed E-state index contributed by atoms with van der Waals surface area (Å²) in [4.78, 5) is 23.5. The summed E-state index contributed by atoms with van der Waals surface area (Å²) >= 11 is 5.10. The fourth-order valence-corrected chi connectivity index (χ4v) is 2.31. The summed E-state index contributed by atoms with van der Waals surface area (Å²) in [7, 11) is 0. The van der Waals surface area contributed by atoms with Gasteiger partial charge in [0, 0.05) is 5.56 Å². The molecule has 136 valence electrons. The zero-order valence-electron chi connectivity index (χ0n) is 14.5. The third kappa shape index (κ3) is 5.29. The Morgan fingerprint density at radius 3 is 2.42 bits per heavy atom. The number of rotatable bonds is 6. The molecule has 1 unspecified atom stereocenters. The highest BCUT2D eigenvalue weighted by atomic mass is 32.1. The van der Waals surface area contributed by atoms with Gasteiger partial charge < -0.3 is 15.2 Å². The van der Waals surface area contributed by atoms with E-state index in [-0.39, 0.29) is 16.8 Å². The van der Waals surface area contributed by atoms with Crippen molar-refractivity contribution in [2.75, 3.05) is 5.32 Å². The lowest BCUT2D eigenvalue weighted by Gasteiger charge is -2.13. The van der Waals surface area contributed by atoms with Crippen molar-refractivity contribution in [2.45, 2.75) is 26.4 Å². The molecule has 2 rings (SSSR count). The number of benzene rings is 2. The van der Waals surface area contributed by atoms with Crippen LogP contribution in [0.4, 0.5) is 5.69 Å². The van der Waals surface area contributed by atoms with Crippen molar-refractivity contribution in [3.8, 4) is 5.75 Å². The van der Waals surface area contributed by atoms with E-state index in [1.807, 2.05) is 13.8 Å². The number of carboxylic acid groups (broad SMARTS) is 1. The van der Waals surface area contributed by atoms with E-state index >= 15 is 0 Å². The largest absolute Gasteiger partial charge is 0.491 e. The molecule has 0 radical (unpaired) electrons. The van der Waals surface area contributed by atoms with Crippen LogP contribution in [0, 0.1) is 0 Å². The number of carbonyl (C=O) groups excluding carboxylic acids is 1. The third-order valence-corrected chi connectivity index (χ3v) is 3.87. The molecule has 0 spiro atoms. The number of para-hydroxylation sites is 1. The number of thiocarbonyl (C=S) groups is 1. The Labute approximate surface area is 157 Å². The monoisotopic (exact) mass is 372 g/mol. The van der Waals surface area contributed by atoms with Crippen LogP contribution in [0.2, 0.25) is 0 Å². The summed E-state index contributed by atoms with van der Waals surface area (Å²) < 4.78 is 5.67. The van der Waals surface area contributed by atoms with Gasteiger partial charge in [0.25, 0.3) is 5.91 Å². The average Bonchev–Trinajstić information content (AvgIpc) is 2.62. The van der Waals surface area contributed by atoms with Crippen molar-refractivity contribution in [1.82, 2.24) is 5.32 Å². The van der Waals surface area contributed by atoms with Crippen LogP contribution in [-0.2, 0) is 0 Å². The van der Waals surface area contributed by atoms with Crippen LogP contribution in [0.1, 0.15) is 41.0 Å². The van der Waals surface area contributed by atoms with Gasteiger partial charge >= 0.3 is 5.97 Å². The van der Waals surface area contributed by atoms with Gasteiger partial charge in [-0.05, 0) is 62.0 Å². The molecule has 2 aromatic rings. The van der Waals surface area contributed by atoms with Crippen molar-refractivity contribution >= 4 is 34.9 Å². The number of ether oxygens (including phenoxy) is 1. The maximum Gasteiger partial charge on any atom is 0.337 e. The molecule has 0 saturated heterocycles. The lowest BCUT2D eigenvalue weighted by atomic mass is 10.2. The van der Waals surface area contributed by atoms with E-state index in [1.165, 1.54) is 6.07 Å². The first-order chi connectivity index (χ1) is 12.4. The fraction of sp³-hybridized carbons (Fsp3) is 0.211. The van der Waals surface area contributed by atoms with Crippen molar-refractivity contribution in [3.63, 3.8) is 0 Å². The summed E-state index contributed by atoms with van der Waals surface area (Å²) in [5.41, 5.74) is 0.787. The molecule has 2 aromatic carbocycles. The number of amides is 1. The second-order valence-electron chi connectivity index (χ2n) is 5.62. The van der Waals surface area contributed by atoms with Crippen LogP contribution < -0.4 is 15.4 Å². The number of anilines is 1. The minimum Gasteiger partial charge on any atom is -0.491 e. The zero-order valence-corrected chi connectivity index (χ0v) is 15.3. The maximum atomic E-state index is 12.3. The van der Waals surface area contributed by atoms with Gasteiger partial charge in [-0.1, -0.05) is 19.1 Å². The predicted octanol–water partition coefficient (Wildman–Crippen LogP) is 3.69. The first kappa shape index (κ1) is 19.4. The Hall–Kier alpha value is -2.93. The van der Waals surface area contributed by atoms with Crippen LogP contribution in [0.5, 0.6) is 5.75 Å². The standard InChI is InChI=1S/C19H20N2O4S/c1-3-12(2)25-14-10-8-13(9-11-14)17(22)21-19(26)20-16-7-5-4-6-15(16)18(23)24/h4-12H,3H2,1-2H3,(H,23,24)(H2,20,21,22,26). The first-order valence-electron chi connectivity index (χ1n) is 8.12. The number of hydrogen-bond acceptors (Lipinski definition) is 4. The van der Waals surface area contributed by atoms with Gasteiger partial charge in [0.05, 0.1) is 17.4 Å². The molecule has 0 aromatic heterocycles. The molecule has 0 bridgehead atoms. The molecule has 0 aliphatic rings. The Kier molecular flexibility index (Phi) is 6.68. The molecule has 26 heavy (non-hydrogen) atoms. The summed E-state index contributed by atoms with van der Waals surface area (Å²) in [6.07, 6.45) is 0.987. The summed E-state index contributed by atoms with van der Waals surface area (Å²) in [5, 5.41) is 14.4. The minimum atomic E-state index is -1.08. The van der Waals surface area contributed by atoms with E-state index in [4.69, 9.17) is 22.1 Å². The van der Waals surface area contributed by atoms with E-state index in [9.17, 15) is 9.59 Å². The topological polar surface area (TPSA) is 87.7 Å². The second kappa shape index (κ2) is 8.96. The van der Waals surface area contributed by atoms with Crippen molar-refractivity contribution < 1.29 is 19.4 Å². The Bertz CT molecular complexity index is 805. The molecule has 0 aliphatic carbocycles. The number of aromatic carboxylic acids is 1. The van der Waals surface area contributed by atoms with Crippen LogP contribution >= 0.6 is 12.2 Å². The normalized spacial score (nSPS) is 11.3. The number of hydrogen-bond donors (Lipinski definition) is 3. The van der Waals surface area contributed by atoms with Gasteiger partial charge in [-0.15, -0.1) is 0 Å². The predicted molar refractivity (Wildman–Crippen MR) is 104 cm³/mol. The third-order valence-electron chi connectivity index (χ3n) is 3.66. The van der Waals surface area contributed by atoms with E-state index in [1.54, 1.807) is 42.5 Å². The number of carboxylic acids is 1. The Morgan fingerprint density at radius 1 is 1.15 bits per heavy atom. The van der Waals surface area contributed by atoms with Gasteiger partial charge in [0.15, 0.2) is 5.11 Å². The van der Waals surface area contributed by atoms with E-state index in [0.29, 0.717) is 17.0 Å². The lowest BCUT2D eigenvalue weighted by Crippen LogP contribution is -2.34. The Morgan fingerprint density at radius 2 is 1.81 bits per heavy atom. The summed E-state index contributed by atoms with van der Waals surface area (Å²) in [5.74, 6) is -0.795. The smallest absolute Gasteiger partial charge is 0.337 e. The van der Waals surface area contributed by atoms with Crippen molar-refractivity contribution in [2.24, 2.45) is 0 Å². The van der Waals surface area contributed by atoms with Crippen LogP contribution in [0.15, 0.2) is 48.5 Å². The molecule has 0 aliphatic heterocycles. The molecule has 6 nitrogen and oxygen atoms in total. The van der Waals surface area contributed by atoms with E-state index in [0.717, 1.165) is 6.42 Å². The van der Waals surface area contributed by atoms with Gasteiger partial charge in [-0.2, -0.15) is 0 Å². The van der Waals surface area contributed by atoms with Gasteiger partial charge in [-0.25, -0.2) is 4.79 Å². The molecule has 1 atom stereocenters. The number of carbonyl (C=O) groups is 2. The maximum absolute atomic E-state index is 12.3. The van der Waals surface area contributed by atoms with Crippen molar-refractivity contribution in [3.05, 3.63) is 59.7 Å². The number of nitrogens with one attached hydrogen (secondary N) is 2. The SMILES string of the molecule is CCC(C)Oc1ccc(C(=O)NC(=S)Nc2ccccc2C(=O)O)cc1. The fourth-order valence-electron chi connectivity index (χ4n) is 2.11. The summed E-state index contributed by atoms with van der Waals surface area (Å²) in [6.45, 7) is 4.00. The quantitative estimate of drug-likeness (QED) is 0.671.